The predicted molar refractivity (Wildman–Crippen MR) is 87.6 cm³/mol. The monoisotopic (exact) mass is 292 g/mol. The van der Waals surface area contributed by atoms with Crippen LogP contribution in [0.5, 0.6) is 0 Å². The van der Waals surface area contributed by atoms with Gasteiger partial charge in [0.05, 0.1) is 5.60 Å². The minimum absolute atomic E-state index is 0.0454. The molecule has 0 saturated carbocycles. The average Bonchev–Trinajstić information content (AvgIpc) is 2.31. The number of carbonyl (C=O) groups is 1. The molecule has 0 aliphatic carbocycles. The molecule has 0 heterocycles. The van der Waals surface area contributed by atoms with Gasteiger partial charge in [0.1, 0.15) is 0 Å². The lowest BCUT2D eigenvalue weighted by molar-refractivity contribution is -0.116. The van der Waals surface area contributed by atoms with E-state index in [4.69, 9.17) is 0 Å². The number of hydrogen-bond donors (Lipinski definition) is 2. The summed E-state index contributed by atoms with van der Waals surface area (Å²) in [7, 11) is 1.96. The van der Waals surface area contributed by atoms with Gasteiger partial charge in [0.25, 0.3) is 0 Å². The molecule has 0 radical (unpaired) electrons. The van der Waals surface area contributed by atoms with Gasteiger partial charge in [0.15, 0.2) is 0 Å². The Morgan fingerprint density at radius 1 is 1.29 bits per heavy atom. The van der Waals surface area contributed by atoms with Gasteiger partial charge >= 0.3 is 0 Å². The van der Waals surface area contributed by atoms with Gasteiger partial charge in [-0.05, 0) is 58.8 Å². The fourth-order valence-corrected chi connectivity index (χ4v) is 2.46. The molecule has 0 saturated heterocycles. The zero-order valence-corrected chi connectivity index (χ0v) is 13.9. The molecule has 0 aromatic heterocycles. The Kier molecular flexibility index (Phi) is 6.37. The normalized spacial score (nSPS) is 11.8. The third-order valence-corrected chi connectivity index (χ3v) is 3.35. The molecule has 1 rings (SSSR count). The van der Waals surface area contributed by atoms with Crippen molar-refractivity contribution in [2.75, 3.05) is 25.5 Å². The van der Waals surface area contributed by atoms with E-state index in [2.05, 4.69) is 5.32 Å². The summed E-state index contributed by atoms with van der Waals surface area (Å²) in [5.74, 6) is 0.0454. The summed E-state index contributed by atoms with van der Waals surface area (Å²) in [6.07, 6.45) is 1.27. The lowest BCUT2D eigenvalue weighted by atomic mass is 10.1. The standard InChI is InChI=1S/C17H28N2O2/c1-13-8-6-9-14(2)16(13)18-15(20)10-7-11-19(5)12-17(3,4)21/h6,8-9,21H,7,10-12H2,1-5H3,(H,18,20). The van der Waals surface area contributed by atoms with E-state index in [0.717, 1.165) is 29.8 Å². The molecule has 1 aromatic carbocycles. The van der Waals surface area contributed by atoms with Crippen LogP contribution in [0.1, 0.15) is 37.8 Å². The molecule has 0 atom stereocenters. The first kappa shape index (κ1) is 17.7. The van der Waals surface area contributed by atoms with E-state index in [0.29, 0.717) is 13.0 Å². The summed E-state index contributed by atoms with van der Waals surface area (Å²) in [5.41, 5.74) is 2.40. The number of likely N-dealkylation sites (N-methyl/N-ethyl adjacent to an activating group) is 1. The van der Waals surface area contributed by atoms with Crippen LogP contribution in [0.25, 0.3) is 0 Å². The second-order valence-corrected chi connectivity index (χ2v) is 6.47. The number of hydrogen-bond acceptors (Lipinski definition) is 3. The molecule has 4 heteroatoms. The summed E-state index contributed by atoms with van der Waals surface area (Å²) in [6.45, 7) is 8.98. The lowest BCUT2D eigenvalue weighted by Crippen LogP contribution is -2.36. The summed E-state index contributed by atoms with van der Waals surface area (Å²) in [6, 6.07) is 5.99. The molecule has 0 bridgehead atoms. The largest absolute Gasteiger partial charge is 0.389 e. The molecule has 0 fully saturated rings. The molecular formula is C17H28N2O2. The van der Waals surface area contributed by atoms with Crippen molar-refractivity contribution in [2.24, 2.45) is 0 Å². The van der Waals surface area contributed by atoms with E-state index in [9.17, 15) is 9.90 Å². The van der Waals surface area contributed by atoms with Crippen molar-refractivity contribution in [1.29, 1.82) is 0 Å². The molecule has 118 valence electrons. The van der Waals surface area contributed by atoms with Crippen LogP contribution in [0.15, 0.2) is 18.2 Å². The number of rotatable bonds is 7. The molecular weight excluding hydrogens is 264 g/mol. The Morgan fingerprint density at radius 2 is 1.86 bits per heavy atom. The van der Waals surface area contributed by atoms with Crippen LogP contribution in [0.4, 0.5) is 5.69 Å². The Balaban J connectivity index is 2.38. The van der Waals surface area contributed by atoms with Gasteiger partial charge < -0.3 is 15.3 Å². The lowest BCUT2D eigenvalue weighted by Gasteiger charge is -2.25. The van der Waals surface area contributed by atoms with Crippen LogP contribution in [0.3, 0.4) is 0 Å². The highest BCUT2D eigenvalue weighted by Crippen LogP contribution is 2.19. The van der Waals surface area contributed by atoms with Crippen molar-refractivity contribution < 1.29 is 9.90 Å². The number of amides is 1. The molecule has 2 N–H and O–H groups in total. The van der Waals surface area contributed by atoms with Gasteiger partial charge in [-0.25, -0.2) is 0 Å². The molecule has 1 aromatic rings. The number of para-hydroxylation sites is 1. The zero-order valence-electron chi connectivity index (χ0n) is 13.9. The smallest absolute Gasteiger partial charge is 0.224 e. The van der Waals surface area contributed by atoms with E-state index in [1.165, 1.54) is 0 Å². The summed E-state index contributed by atoms with van der Waals surface area (Å²) >= 11 is 0. The quantitative estimate of drug-likeness (QED) is 0.812. The fourth-order valence-electron chi connectivity index (χ4n) is 2.46. The summed E-state index contributed by atoms with van der Waals surface area (Å²) in [5, 5.41) is 12.7. The second-order valence-electron chi connectivity index (χ2n) is 6.47. The van der Waals surface area contributed by atoms with Crippen molar-refractivity contribution in [3.8, 4) is 0 Å². The van der Waals surface area contributed by atoms with Gasteiger partial charge in [0.2, 0.25) is 5.91 Å². The van der Waals surface area contributed by atoms with E-state index in [1.807, 2.05) is 44.0 Å². The first-order chi connectivity index (χ1) is 9.69. The van der Waals surface area contributed by atoms with Crippen LogP contribution in [-0.2, 0) is 4.79 Å². The summed E-state index contributed by atoms with van der Waals surface area (Å²) < 4.78 is 0. The Hall–Kier alpha value is -1.39. The number of carbonyl (C=O) groups excluding carboxylic acids is 1. The molecule has 0 aliphatic heterocycles. The fraction of sp³-hybridized carbons (Fsp3) is 0.588. The zero-order chi connectivity index (χ0) is 16.0. The van der Waals surface area contributed by atoms with Gasteiger partial charge in [-0.1, -0.05) is 18.2 Å². The minimum Gasteiger partial charge on any atom is -0.389 e. The van der Waals surface area contributed by atoms with E-state index in [-0.39, 0.29) is 5.91 Å². The molecule has 1 amide bonds. The van der Waals surface area contributed by atoms with Crippen molar-refractivity contribution >= 4 is 11.6 Å². The van der Waals surface area contributed by atoms with Gasteiger partial charge in [-0.2, -0.15) is 0 Å². The number of nitrogens with zero attached hydrogens (tertiary/aromatic N) is 1. The van der Waals surface area contributed by atoms with E-state index < -0.39 is 5.60 Å². The summed E-state index contributed by atoms with van der Waals surface area (Å²) in [4.78, 5) is 14.1. The van der Waals surface area contributed by atoms with E-state index >= 15 is 0 Å². The third kappa shape index (κ3) is 6.74. The number of nitrogens with one attached hydrogen (secondary N) is 1. The SMILES string of the molecule is Cc1cccc(C)c1NC(=O)CCCN(C)CC(C)(C)O. The van der Waals surface area contributed by atoms with Crippen LogP contribution in [0.2, 0.25) is 0 Å². The predicted octanol–water partition coefficient (Wildman–Crippen LogP) is 2.72. The molecule has 0 unspecified atom stereocenters. The second kappa shape index (κ2) is 7.57. The Labute approximate surface area is 128 Å². The van der Waals surface area contributed by atoms with Crippen LogP contribution < -0.4 is 5.32 Å². The maximum Gasteiger partial charge on any atom is 0.224 e. The minimum atomic E-state index is -0.699. The van der Waals surface area contributed by atoms with Crippen molar-refractivity contribution in [3.63, 3.8) is 0 Å². The topological polar surface area (TPSA) is 52.6 Å². The number of benzene rings is 1. The van der Waals surface area contributed by atoms with Crippen LogP contribution >= 0.6 is 0 Å². The number of aliphatic hydroxyl groups is 1. The van der Waals surface area contributed by atoms with Crippen molar-refractivity contribution in [1.82, 2.24) is 4.90 Å². The maximum absolute atomic E-state index is 12.0. The Morgan fingerprint density at radius 3 is 2.38 bits per heavy atom. The first-order valence-corrected chi connectivity index (χ1v) is 7.46. The van der Waals surface area contributed by atoms with Gasteiger partial charge in [-0.3, -0.25) is 4.79 Å². The van der Waals surface area contributed by atoms with Gasteiger partial charge in [0, 0.05) is 18.7 Å². The van der Waals surface area contributed by atoms with Crippen LogP contribution in [-0.4, -0.2) is 41.7 Å². The first-order valence-electron chi connectivity index (χ1n) is 7.46. The van der Waals surface area contributed by atoms with E-state index in [1.54, 1.807) is 13.8 Å². The van der Waals surface area contributed by atoms with Crippen LogP contribution in [0, 0.1) is 13.8 Å². The number of aryl methyl sites for hydroxylation is 2. The average molecular weight is 292 g/mol. The number of anilines is 1. The molecule has 0 spiro atoms. The third-order valence-electron chi connectivity index (χ3n) is 3.35. The Bertz CT molecular complexity index is 458. The highest BCUT2D eigenvalue weighted by atomic mass is 16.3. The van der Waals surface area contributed by atoms with Crippen molar-refractivity contribution in [3.05, 3.63) is 29.3 Å². The van der Waals surface area contributed by atoms with Gasteiger partial charge in [-0.15, -0.1) is 0 Å². The molecule has 0 aliphatic rings. The molecule has 21 heavy (non-hydrogen) atoms. The maximum atomic E-state index is 12.0. The van der Waals surface area contributed by atoms with Crippen molar-refractivity contribution in [2.45, 2.75) is 46.1 Å². The molecule has 4 nitrogen and oxygen atoms in total. The highest BCUT2D eigenvalue weighted by molar-refractivity contribution is 5.92. The highest BCUT2D eigenvalue weighted by Gasteiger charge is 2.15.